The van der Waals surface area contributed by atoms with Gasteiger partial charge in [0, 0.05) is 6.16 Å². The van der Waals surface area contributed by atoms with E-state index in [0.717, 1.165) is 23.7 Å². The largest absolute Gasteiger partial charge is 0.350 e. The van der Waals surface area contributed by atoms with Crippen molar-refractivity contribution in [1.82, 2.24) is 0 Å². The maximum Gasteiger partial charge on any atom is 0.165 e. The molecule has 0 radical (unpaired) electrons. The Kier molecular flexibility index (Phi) is 2.35. The summed E-state index contributed by atoms with van der Waals surface area (Å²) in [6.07, 6.45) is 7.74. The molecule has 80 valence electrons. The second kappa shape index (κ2) is 3.43. The van der Waals surface area contributed by atoms with Crippen molar-refractivity contribution < 1.29 is 9.79 Å². The van der Waals surface area contributed by atoms with E-state index in [1.807, 2.05) is 0 Å². The Labute approximate surface area is 86.6 Å². The molecule has 0 aromatic heterocycles. The Morgan fingerprint density at radius 3 is 1.79 bits per heavy atom. The molecule has 0 atom stereocenters. The van der Waals surface area contributed by atoms with Crippen LogP contribution in [0.5, 0.6) is 0 Å². The quantitative estimate of drug-likeness (QED) is 0.693. The Morgan fingerprint density at radius 1 is 0.857 bits per heavy atom. The van der Waals surface area contributed by atoms with Crippen LogP contribution in [-0.4, -0.2) is 15.9 Å². The summed E-state index contributed by atoms with van der Waals surface area (Å²) in [5, 5.41) is 0. The minimum absolute atomic E-state index is 0.656. The van der Waals surface area contributed by atoms with E-state index in [0.29, 0.717) is 12.1 Å². The molecule has 0 aromatic rings. The van der Waals surface area contributed by atoms with E-state index in [9.17, 15) is 0 Å². The highest BCUT2D eigenvalue weighted by Crippen LogP contribution is 2.58. The van der Waals surface area contributed by atoms with Crippen molar-refractivity contribution in [2.45, 2.75) is 32.1 Å². The van der Waals surface area contributed by atoms with E-state index in [1.54, 1.807) is 0 Å². The van der Waals surface area contributed by atoms with Crippen molar-refractivity contribution in [3.63, 3.8) is 0 Å². The zero-order chi connectivity index (χ0) is 9.71. The number of rotatable bonds is 2. The van der Waals surface area contributed by atoms with Gasteiger partial charge in [-0.25, -0.2) is 0 Å². The smallest absolute Gasteiger partial charge is 0.165 e. The SMILES string of the molecule is OP(O)CC1C2CC3CC(C2)CC1C3. The lowest BCUT2D eigenvalue weighted by Crippen LogP contribution is -2.46. The van der Waals surface area contributed by atoms with Gasteiger partial charge in [0.1, 0.15) is 0 Å². The third-order valence-electron chi connectivity index (χ3n) is 4.80. The standard InChI is InChI=1S/C11H19O2P/c12-14(13)6-11-9-2-7-1-8(4-9)5-10(11)3-7/h7-13H,1-6H2. The van der Waals surface area contributed by atoms with Crippen LogP contribution in [0.2, 0.25) is 0 Å². The first-order chi connectivity index (χ1) is 6.72. The molecule has 0 aliphatic heterocycles. The molecule has 4 fully saturated rings. The van der Waals surface area contributed by atoms with Crippen LogP contribution < -0.4 is 0 Å². The molecule has 4 bridgehead atoms. The molecule has 4 aliphatic carbocycles. The summed E-state index contributed by atoms with van der Waals surface area (Å²) in [6, 6.07) is 0. The Hall–Kier alpha value is 0.350. The number of hydrogen-bond acceptors (Lipinski definition) is 2. The molecule has 2 nitrogen and oxygen atoms in total. The van der Waals surface area contributed by atoms with Gasteiger partial charge in [0.15, 0.2) is 8.38 Å². The second-order valence-electron chi connectivity index (χ2n) is 5.65. The van der Waals surface area contributed by atoms with Gasteiger partial charge in [-0.05, 0) is 61.7 Å². The van der Waals surface area contributed by atoms with Gasteiger partial charge in [0.05, 0.1) is 0 Å². The zero-order valence-corrected chi connectivity index (χ0v) is 9.37. The van der Waals surface area contributed by atoms with Crippen LogP contribution >= 0.6 is 8.38 Å². The minimum Gasteiger partial charge on any atom is -0.350 e. The zero-order valence-electron chi connectivity index (χ0n) is 8.47. The maximum atomic E-state index is 9.16. The lowest BCUT2D eigenvalue weighted by Gasteiger charge is -2.54. The molecule has 0 spiro atoms. The summed E-state index contributed by atoms with van der Waals surface area (Å²) in [7, 11) is -1.65. The Bertz CT molecular complexity index is 201. The van der Waals surface area contributed by atoms with Crippen LogP contribution in [0.15, 0.2) is 0 Å². The minimum atomic E-state index is -1.65. The van der Waals surface area contributed by atoms with E-state index in [2.05, 4.69) is 0 Å². The summed E-state index contributed by atoms with van der Waals surface area (Å²) in [4.78, 5) is 18.3. The van der Waals surface area contributed by atoms with Crippen LogP contribution in [0.25, 0.3) is 0 Å². The van der Waals surface area contributed by atoms with Crippen molar-refractivity contribution in [3.8, 4) is 0 Å². The fourth-order valence-corrected chi connectivity index (χ4v) is 5.50. The third-order valence-corrected chi connectivity index (χ3v) is 5.54. The van der Waals surface area contributed by atoms with Gasteiger partial charge in [-0.1, -0.05) is 0 Å². The highest BCUT2D eigenvalue weighted by atomic mass is 31.2. The first kappa shape index (κ1) is 9.57. The first-order valence-corrected chi connectivity index (χ1v) is 7.31. The van der Waals surface area contributed by atoms with E-state index in [4.69, 9.17) is 9.79 Å². The van der Waals surface area contributed by atoms with Crippen molar-refractivity contribution in [2.24, 2.45) is 29.6 Å². The molecule has 0 amide bonds. The normalized spacial score (nSPS) is 50.4. The molecule has 0 aromatic carbocycles. The second-order valence-corrected chi connectivity index (χ2v) is 6.76. The summed E-state index contributed by atoms with van der Waals surface area (Å²) in [5.74, 6) is 4.34. The maximum absolute atomic E-state index is 9.16. The van der Waals surface area contributed by atoms with E-state index >= 15 is 0 Å². The van der Waals surface area contributed by atoms with E-state index in [1.165, 1.54) is 32.1 Å². The fourth-order valence-electron chi connectivity index (χ4n) is 4.52. The van der Waals surface area contributed by atoms with Crippen molar-refractivity contribution in [3.05, 3.63) is 0 Å². The van der Waals surface area contributed by atoms with Gasteiger partial charge in [-0.2, -0.15) is 0 Å². The third kappa shape index (κ3) is 1.52. The molecule has 14 heavy (non-hydrogen) atoms. The van der Waals surface area contributed by atoms with E-state index in [-0.39, 0.29) is 0 Å². The molecular weight excluding hydrogens is 195 g/mol. The molecule has 4 rings (SSSR count). The van der Waals surface area contributed by atoms with Crippen LogP contribution in [0.3, 0.4) is 0 Å². The molecule has 3 heteroatoms. The lowest BCUT2D eigenvalue weighted by atomic mass is 9.52. The van der Waals surface area contributed by atoms with Gasteiger partial charge in [0.2, 0.25) is 0 Å². The first-order valence-electron chi connectivity index (χ1n) is 5.87. The van der Waals surface area contributed by atoms with Gasteiger partial charge in [-0.3, -0.25) is 0 Å². The molecule has 0 heterocycles. The lowest BCUT2D eigenvalue weighted by molar-refractivity contribution is -0.0276. The molecule has 0 unspecified atom stereocenters. The average molecular weight is 214 g/mol. The van der Waals surface area contributed by atoms with Crippen LogP contribution in [0.1, 0.15) is 32.1 Å². The molecule has 0 saturated heterocycles. The Morgan fingerprint density at radius 2 is 1.36 bits per heavy atom. The van der Waals surface area contributed by atoms with Crippen LogP contribution in [0.4, 0.5) is 0 Å². The summed E-state index contributed by atoms with van der Waals surface area (Å²) in [5.41, 5.74) is 0. The van der Waals surface area contributed by atoms with Gasteiger partial charge >= 0.3 is 0 Å². The molecular formula is C11H19O2P. The van der Waals surface area contributed by atoms with E-state index < -0.39 is 8.38 Å². The Balaban J connectivity index is 1.74. The highest BCUT2D eigenvalue weighted by molar-refractivity contribution is 7.45. The predicted octanol–water partition coefficient (Wildman–Crippen LogP) is 2.36. The molecule has 4 saturated carbocycles. The van der Waals surface area contributed by atoms with Gasteiger partial charge in [-0.15, -0.1) is 0 Å². The molecule has 2 N–H and O–H groups in total. The highest BCUT2D eigenvalue weighted by Gasteiger charge is 2.48. The summed E-state index contributed by atoms with van der Waals surface area (Å²) >= 11 is 0. The van der Waals surface area contributed by atoms with Crippen LogP contribution in [-0.2, 0) is 0 Å². The topological polar surface area (TPSA) is 40.5 Å². The fraction of sp³-hybridized carbons (Fsp3) is 1.00. The van der Waals surface area contributed by atoms with Crippen molar-refractivity contribution in [2.75, 3.05) is 6.16 Å². The predicted molar refractivity (Wildman–Crippen MR) is 56.8 cm³/mol. The van der Waals surface area contributed by atoms with Crippen molar-refractivity contribution >= 4 is 8.38 Å². The number of hydrogen-bond donors (Lipinski definition) is 2. The average Bonchev–Trinajstić information content (AvgIpc) is 2.09. The molecule has 4 aliphatic rings. The van der Waals surface area contributed by atoms with Crippen molar-refractivity contribution in [1.29, 1.82) is 0 Å². The summed E-state index contributed by atoms with van der Waals surface area (Å²) < 4.78 is 0. The van der Waals surface area contributed by atoms with Gasteiger partial charge in [0.25, 0.3) is 0 Å². The van der Waals surface area contributed by atoms with Crippen LogP contribution in [0, 0.1) is 29.6 Å². The summed E-state index contributed by atoms with van der Waals surface area (Å²) in [6.45, 7) is 0. The van der Waals surface area contributed by atoms with Gasteiger partial charge < -0.3 is 9.79 Å². The monoisotopic (exact) mass is 214 g/mol.